The first-order chi connectivity index (χ1) is 13.2. The number of carbonyl (C=O) groups is 1. The molecule has 1 aliphatic rings. The third kappa shape index (κ3) is 3.17. The summed E-state index contributed by atoms with van der Waals surface area (Å²) in [5.74, 6) is 1.38. The lowest BCUT2D eigenvalue weighted by Crippen LogP contribution is -2.20. The summed E-state index contributed by atoms with van der Waals surface area (Å²) in [7, 11) is 1.56. The van der Waals surface area contributed by atoms with Crippen molar-refractivity contribution in [1.82, 2.24) is 14.8 Å². The fourth-order valence-corrected chi connectivity index (χ4v) is 2.97. The van der Waals surface area contributed by atoms with Crippen molar-refractivity contribution in [2.75, 3.05) is 20.3 Å². The molecule has 1 N–H and O–H groups in total. The molecule has 0 saturated heterocycles. The standard InChI is InChI=1S/C19H18N4O4/c1-12-17(23-6-4-3-5-16(23)21-12)19(24)22-20-11-13-9-14(25-2)18-15(10-13)26-7-8-27-18/h3-6,9-11H,7-8H2,1-2H3,(H,22,24)/b20-11-. The Hall–Kier alpha value is -3.55. The van der Waals surface area contributed by atoms with Gasteiger partial charge in [0.1, 0.15) is 24.6 Å². The number of pyridine rings is 1. The predicted octanol–water partition coefficient (Wildman–Crippen LogP) is 2.19. The predicted molar refractivity (Wildman–Crippen MR) is 99.0 cm³/mol. The van der Waals surface area contributed by atoms with Gasteiger partial charge in [-0.1, -0.05) is 6.07 Å². The number of fused-ring (bicyclic) bond motifs is 2. The summed E-state index contributed by atoms with van der Waals surface area (Å²) >= 11 is 0. The van der Waals surface area contributed by atoms with Crippen LogP contribution >= 0.6 is 0 Å². The molecule has 27 heavy (non-hydrogen) atoms. The van der Waals surface area contributed by atoms with Crippen LogP contribution in [-0.4, -0.2) is 41.8 Å². The molecular formula is C19H18N4O4. The third-order valence-electron chi connectivity index (χ3n) is 4.15. The molecule has 3 aromatic rings. The van der Waals surface area contributed by atoms with Gasteiger partial charge in [-0.2, -0.15) is 5.10 Å². The van der Waals surface area contributed by atoms with E-state index in [1.54, 1.807) is 36.8 Å². The smallest absolute Gasteiger partial charge is 0.290 e. The van der Waals surface area contributed by atoms with Gasteiger partial charge in [-0.05, 0) is 31.2 Å². The Morgan fingerprint density at radius 3 is 3.04 bits per heavy atom. The van der Waals surface area contributed by atoms with Gasteiger partial charge in [-0.15, -0.1) is 0 Å². The minimum atomic E-state index is -0.341. The molecule has 1 aromatic carbocycles. The molecule has 0 fully saturated rings. The molecular weight excluding hydrogens is 348 g/mol. The number of aryl methyl sites for hydroxylation is 1. The summed E-state index contributed by atoms with van der Waals surface area (Å²) in [4.78, 5) is 16.9. The van der Waals surface area contributed by atoms with E-state index in [2.05, 4.69) is 15.5 Å². The highest BCUT2D eigenvalue weighted by Gasteiger charge is 2.18. The average molecular weight is 366 g/mol. The van der Waals surface area contributed by atoms with E-state index in [4.69, 9.17) is 14.2 Å². The van der Waals surface area contributed by atoms with E-state index < -0.39 is 0 Å². The van der Waals surface area contributed by atoms with Gasteiger partial charge in [0, 0.05) is 11.8 Å². The molecule has 0 aliphatic carbocycles. The molecule has 0 saturated carbocycles. The summed E-state index contributed by atoms with van der Waals surface area (Å²) in [6, 6.07) is 9.11. The van der Waals surface area contributed by atoms with Crippen LogP contribution < -0.4 is 19.6 Å². The minimum Gasteiger partial charge on any atom is -0.493 e. The number of methoxy groups -OCH3 is 1. The lowest BCUT2D eigenvalue weighted by atomic mass is 10.2. The fourth-order valence-electron chi connectivity index (χ4n) is 2.97. The van der Waals surface area contributed by atoms with Gasteiger partial charge in [0.2, 0.25) is 5.75 Å². The van der Waals surface area contributed by atoms with Gasteiger partial charge in [0.25, 0.3) is 5.91 Å². The van der Waals surface area contributed by atoms with E-state index in [-0.39, 0.29) is 5.91 Å². The van der Waals surface area contributed by atoms with Crippen LogP contribution in [0.2, 0.25) is 0 Å². The van der Waals surface area contributed by atoms with E-state index in [9.17, 15) is 4.79 Å². The number of ether oxygens (including phenoxy) is 3. The fraction of sp³-hybridized carbons (Fsp3) is 0.211. The lowest BCUT2D eigenvalue weighted by molar-refractivity contribution is 0.0948. The second-order valence-corrected chi connectivity index (χ2v) is 5.92. The molecule has 138 valence electrons. The maximum absolute atomic E-state index is 12.5. The normalized spacial score (nSPS) is 13.1. The molecule has 1 aliphatic heterocycles. The molecule has 1 amide bonds. The van der Waals surface area contributed by atoms with Crippen LogP contribution in [-0.2, 0) is 0 Å². The van der Waals surface area contributed by atoms with Crippen LogP contribution in [0.25, 0.3) is 5.65 Å². The Labute approximate surface area is 155 Å². The number of imidazole rings is 1. The van der Waals surface area contributed by atoms with Gasteiger partial charge < -0.3 is 14.2 Å². The zero-order valence-electron chi connectivity index (χ0n) is 14.9. The number of carbonyl (C=O) groups excluding carboxylic acids is 1. The maximum atomic E-state index is 12.5. The number of hydrazone groups is 1. The summed E-state index contributed by atoms with van der Waals surface area (Å²) in [6.07, 6.45) is 3.32. The summed E-state index contributed by atoms with van der Waals surface area (Å²) in [6.45, 7) is 2.74. The van der Waals surface area contributed by atoms with Crippen LogP contribution in [0, 0.1) is 6.92 Å². The topological polar surface area (TPSA) is 86.5 Å². The third-order valence-corrected chi connectivity index (χ3v) is 4.15. The Morgan fingerprint density at radius 1 is 1.33 bits per heavy atom. The number of hydrogen-bond donors (Lipinski definition) is 1. The SMILES string of the molecule is COc1cc(/C=N\NC(=O)c2c(C)nc3ccccn23)cc2c1OCCO2. The van der Waals surface area contributed by atoms with Crippen LogP contribution in [0.4, 0.5) is 0 Å². The molecule has 0 radical (unpaired) electrons. The van der Waals surface area contributed by atoms with Gasteiger partial charge in [0.15, 0.2) is 11.5 Å². The highest BCUT2D eigenvalue weighted by molar-refractivity contribution is 5.95. The highest BCUT2D eigenvalue weighted by Crippen LogP contribution is 2.39. The zero-order valence-corrected chi connectivity index (χ0v) is 14.9. The van der Waals surface area contributed by atoms with Gasteiger partial charge >= 0.3 is 0 Å². The molecule has 8 nitrogen and oxygen atoms in total. The number of nitrogens with one attached hydrogen (secondary N) is 1. The quantitative estimate of drug-likeness (QED) is 0.565. The van der Waals surface area contributed by atoms with Crippen molar-refractivity contribution in [1.29, 1.82) is 0 Å². The first-order valence-electron chi connectivity index (χ1n) is 8.42. The van der Waals surface area contributed by atoms with E-state index in [0.717, 1.165) is 0 Å². The van der Waals surface area contributed by atoms with Gasteiger partial charge in [-0.25, -0.2) is 10.4 Å². The summed E-state index contributed by atoms with van der Waals surface area (Å²) in [5, 5.41) is 4.05. The van der Waals surface area contributed by atoms with Crippen LogP contribution in [0.3, 0.4) is 0 Å². The summed E-state index contributed by atoms with van der Waals surface area (Å²) in [5.41, 5.74) is 5.04. The van der Waals surface area contributed by atoms with Crippen molar-refractivity contribution in [3.8, 4) is 17.2 Å². The van der Waals surface area contributed by atoms with Gasteiger partial charge in [-0.3, -0.25) is 9.20 Å². The number of nitrogens with zero attached hydrogens (tertiary/aromatic N) is 3. The number of hydrogen-bond acceptors (Lipinski definition) is 6. The Morgan fingerprint density at radius 2 is 2.19 bits per heavy atom. The van der Waals surface area contributed by atoms with E-state index in [0.29, 0.717) is 53.1 Å². The number of rotatable bonds is 4. The number of amides is 1. The lowest BCUT2D eigenvalue weighted by Gasteiger charge is -2.20. The molecule has 3 heterocycles. The molecule has 4 rings (SSSR count). The van der Waals surface area contributed by atoms with Crippen molar-refractivity contribution in [2.24, 2.45) is 5.10 Å². The Kier molecular flexibility index (Phi) is 4.37. The second kappa shape index (κ2) is 6.99. The van der Waals surface area contributed by atoms with E-state index in [1.807, 2.05) is 18.2 Å². The molecule has 8 heteroatoms. The molecule has 0 unspecified atom stereocenters. The van der Waals surface area contributed by atoms with Gasteiger partial charge in [0.05, 0.1) is 19.0 Å². The van der Waals surface area contributed by atoms with E-state index in [1.165, 1.54) is 6.21 Å². The number of benzene rings is 1. The first kappa shape index (κ1) is 16.9. The average Bonchev–Trinajstić information content (AvgIpc) is 3.03. The molecule has 0 atom stereocenters. The second-order valence-electron chi connectivity index (χ2n) is 5.92. The van der Waals surface area contributed by atoms with E-state index >= 15 is 0 Å². The van der Waals surface area contributed by atoms with Crippen molar-refractivity contribution < 1.29 is 19.0 Å². The zero-order chi connectivity index (χ0) is 18.8. The van der Waals surface area contributed by atoms with Crippen LogP contribution in [0.5, 0.6) is 17.2 Å². The number of aromatic nitrogens is 2. The highest BCUT2D eigenvalue weighted by atomic mass is 16.6. The van der Waals surface area contributed by atoms with Crippen molar-refractivity contribution >= 4 is 17.8 Å². The Bertz CT molecular complexity index is 1020. The molecule has 0 spiro atoms. The minimum absolute atomic E-state index is 0.341. The Balaban J connectivity index is 1.55. The van der Waals surface area contributed by atoms with Crippen molar-refractivity contribution in [2.45, 2.75) is 6.92 Å². The van der Waals surface area contributed by atoms with Crippen LogP contribution in [0.15, 0.2) is 41.6 Å². The van der Waals surface area contributed by atoms with Crippen molar-refractivity contribution in [3.63, 3.8) is 0 Å². The molecule has 2 aromatic heterocycles. The summed E-state index contributed by atoms with van der Waals surface area (Å²) < 4.78 is 18.2. The largest absolute Gasteiger partial charge is 0.493 e. The van der Waals surface area contributed by atoms with Crippen molar-refractivity contribution in [3.05, 3.63) is 53.5 Å². The monoisotopic (exact) mass is 366 g/mol. The maximum Gasteiger partial charge on any atom is 0.290 e. The van der Waals surface area contributed by atoms with Crippen LogP contribution in [0.1, 0.15) is 21.7 Å². The molecule has 0 bridgehead atoms. The first-order valence-corrected chi connectivity index (χ1v) is 8.42.